The topological polar surface area (TPSA) is 52.3 Å². The number of benzene rings is 1. The number of hydrogen-bond donors (Lipinski definition) is 1. The lowest BCUT2D eigenvalue weighted by molar-refractivity contribution is 0.127. The van der Waals surface area contributed by atoms with Crippen molar-refractivity contribution in [2.75, 3.05) is 6.61 Å². The van der Waals surface area contributed by atoms with Gasteiger partial charge >= 0.3 is 0 Å². The summed E-state index contributed by atoms with van der Waals surface area (Å²) in [5, 5.41) is 0.00549. The third-order valence-electron chi connectivity index (χ3n) is 3.32. The van der Waals surface area contributed by atoms with Gasteiger partial charge in [0.15, 0.2) is 0 Å². The first-order chi connectivity index (χ1) is 8.63. The maximum atomic E-state index is 14.0. The van der Waals surface area contributed by atoms with E-state index in [1.807, 2.05) is 6.92 Å². The Balaban J connectivity index is 2.12. The summed E-state index contributed by atoms with van der Waals surface area (Å²) >= 11 is 0. The Kier molecular flexibility index (Phi) is 4.48. The van der Waals surface area contributed by atoms with Gasteiger partial charge < -0.3 is 10.5 Å². The molecular formula is C13H18FNO2S. The van der Waals surface area contributed by atoms with Crippen LogP contribution < -0.4 is 5.73 Å². The van der Waals surface area contributed by atoms with Gasteiger partial charge in [-0.25, -0.2) is 4.39 Å². The van der Waals surface area contributed by atoms with E-state index < -0.39 is 10.8 Å². The van der Waals surface area contributed by atoms with Gasteiger partial charge in [-0.05, 0) is 13.3 Å². The predicted molar refractivity (Wildman–Crippen MR) is 70.0 cm³/mol. The van der Waals surface area contributed by atoms with E-state index in [0.29, 0.717) is 17.7 Å². The van der Waals surface area contributed by atoms with Gasteiger partial charge in [0, 0.05) is 35.1 Å². The fourth-order valence-corrected chi connectivity index (χ4v) is 3.83. The second kappa shape index (κ2) is 5.91. The average Bonchev–Trinajstić information content (AvgIpc) is 2.78. The molecule has 5 heteroatoms. The summed E-state index contributed by atoms with van der Waals surface area (Å²) in [6.07, 6.45) is 0.776. The Morgan fingerprint density at radius 3 is 2.83 bits per heavy atom. The SMILES string of the molecule is CC1OCCC1S(=O)Cc1cccc(CN)c1F. The van der Waals surface area contributed by atoms with E-state index in [1.165, 1.54) is 0 Å². The minimum absolute atomic E-state index is 0.00549. The van der Waals surface area contributed by atoms with Crippen LogP contribution in [0, 0.1) is 5.82 Å². The van der Waals surface area contributed by atoms with Crippen LogP contribution in [0.15, 0.2) is 18.2 Å². The highest BCUT2D eigenvalue weighted by Crippen LogP contribution is 2.22. The van der Waals surface area contributed by atoms with Gasteiger partial charge in [-0.15, -0.1) is 0 Å². The average molecular weight is 271 g/mol. The van der Waals surface area contributed by atoms with Gasteiger partial charge in [0.1, 0.15) is 5.82 Å². The van der Waals surface area contributed by atoms with Gasteiger partial charge in [0.2, 0.25) is 0 Å². The van der Waals surface area contributed by atoms with Crippen molar-refractivity contribution in [3.63, 3.8) is 0 Å². The summed E-state index contributed by atoms with van der Waals surface area (Å²) in [5.41, 5.74) is 6.41. The first-order valence-electron chi connectivity index (χ1n) is 6.08. The highest BCUT2D eigenvalue weighted by molar-refractivity contribution is 7.84. The Morgan fingerprint density at radius 2 is 2.22 bits per heavy atom. The molecule has 1 saturated heterocycles. The second-order valence-electron chi connectivity index (χ2n) is 4.52. The Morgan fingerprint density at radius 1 is 1.50 bits per heavy atom. The van der Waals surface area contributed by atoms with E-state index in [9.17, 15) is 8.60 Å². The number of nitrogens with two attached hydrogens (primary N) is 1. The summed E-state index contributed by atoms with van der Waals surface area (Å²) in [4.78, 5) is 0. The molecule has 1 heterocycles. The second-order valence-corrected chi connectivity index (χ2v) is 6.18. The molecule has 2 N–H and O–H groups in total. The minimum Gasteiger partial charge on any atom is -0.377 e. The highest BCUT2D eigenvalue weighted by atomic mass is 32.2. The summed E-state index contributed by atoms with van der Waals surface area (Å²) in [6.45, 7) is 2.72. The van der Waals surface area contributed by atoms with Crippen molar-refractivity contribution in [2.45, 2.75) is 37.0 Å². The summed E-state index contributed by atoms with van der Waals surface area (Å²) in [6, 6.07) is 5.09. The van der Waals surface area contributed by atoms with E-state index >= 15 is 0 Å². The van der Waals surface area contributed by atoms with Gasteiger partial charge in [-0.3, -0.25) is 4.21 Å². The van der Waals surface area contributed by atoms with Crippen LogP contribution in [0.1, 0.15) is 24.5 Å². The monoisotopic (exact) mass is 271 g/mol. The largest absolute Gasteiger partial charge is 0.377 e. The molecule has 3 unspecified atom stereocenters. The lowest BCUT2D eigenvalue weighted by atomic mass is 10.1. The first-order valence-corrected chi connectivity index (χ1v) is 7.46. The molecular weight excluding hydrogens is 253 g/mol. The molecule has 0 bridgehead atoms. The molecule has 1 aliphatic heterocycles. The molecule has 1 aromatic rings. The smallest absolute Gasteiger partial charge is 0.131 e. The molecule has 1 aromatic carbocycles. The van der Waals surface area contributed by atoms with Crippen molar-refractivity contribution >= 4 is 10.8 Å². The number of ether oxygens (including phenoxy) is 1. The molecule has 1 aliphatic rings. The molecule has 2 rings (SSSR count). The number of rotatable bonds is 4. The van der Waals surface area contributed by atoms with E-state index in [4.69, 9.17) is 10.5 Å². The maximum Gasteiger partial charge on any atom is 0.131 e. The van der Waals surface area contributed by atoms with Gasteiger partial charge in [-0.2, -0.15) is 0 Å². The first kappa shape index (κ1) is 13.6. The molecule has 1 fully saturated rings. The molecule has 0 radical (unpaired) electrons. The predicted octanol–water partition coefficient (Wildman–Crippen LogP) is 1.71. The van der Waals surface area contributed by atoms with Crippen LogP contribution in [0.4, 0.5) is 4.39 Å². The number of halogens is 1. The van der Waals surface area contributed by atoms with Crippen LogP contribution in [0.5, 0.6) is 0 Å². The summed E-state index contributed by atoms with van der Waals surface area (Å²) in [5.74, 6) is -0.0854. The normalized spacial score (nSPS) is 25.3. The molecule has 0 aliphatic carbocycles. The van der Waals surface area contributed by atoms with Crippen molar-refractivity contribution in [1.82, 2.24) is 0 Å². The molecule has 0 saturated carbocycles. The molecule has 0 amide bonds. The van der Waals surface area contributed by atoms with Crippen molar-refractivity contribution in [3.8, 4) is 0 Å². The molecule has 100 valence electrons. The Bertz CT molecular complexity index is 453. The van der Waals surface area contributed by atoms with Crippen LogP contribution in [-0.2, 0) is 27.8 Å². The van der Waals surface area contributed by atoms with E-state index in [-0.39, 0.29) is 29.5 Å². The van der Waals surface area contributed by atoms with Gasteiger partial charge in [-0.1, -0.05) is 18.2 Å². The van der Waals surface area contributed by atoms with Crippen LogP contribution in [0.2, 0.25) is 0 Å². The molecule has 18 heavy (non-hydrogen) atoms. The third-order valence-corrected chi connectivity index (χ3v) is 5.21. The third kappa shape index (κ3) is 2.79. The van der Waals surface area contributed by atoms with E-state index in [1.54, 1.807) is 18.2 Å². The Labute approximate surface area is 109 Å². The van der Waals surface area contributed by atoms with Gasteiger partial charge in [0.05, 0.1) is 17.1 Å². The molecule has 0 aromatic heterocycles. The fourth-order valence-electron chi connectivity index (χ4n) is 2.22. The zero-order valence-corrected chi connectivity index (χ0v) is 11.2. The van der Waals surface area contributed by atoms with Gasteiger partial charge in [0.25, 0.3) is 0 Å². The van der Waals surface area contributed by atoms with Crippen LogP contribution in [-0.4, -0.2) is 22.2 Å². The molecule has 3 atom stereocenters. The lowest BCUT2D eigenvalue weighted by Crippen LogP contribution is -2.24. The summed E-state index contributed by atoms with van der Waals surface area (Å²) < 4.78 is 31.6. The molecule has 3 nitrogen and oxygen atoms in total. The fraction of sp³-hybridized carbons (Fsp3) is 0.538. The van der Waals surface area contributed by atoms with Crippen molar-refractivity contribution in [3.05, 3.63) is 35.1 Å². The lowest BCUT2D eigenvalue weighted by Gasteiger charge is -2.14. The highest BCUT2D eigenvalue weighted by Gasteiger charge is 2.30. The minimum atomic E-state index is -1.10. The quantitative estimate of drug-likeness (QED) is 0.907. The van der Waals surface area contributed by atoms with E-state index in [0.717, 1.165) is 6.42 Å². The maximum absolute atomic E-state index is 14.0. The summed E-state index contributed by atoms with van der Waals surface area (Å²) in [7, 11) is -1.10. The zero-order chi connectivity index (χ0) is 13.1. The Hall–Kier alpha value is -0.780. The van der Waals surface area contributed by atoms with Crippen molar-refractivity contribution in [1.29, 1.82) is 0 Å². The standard InChI is InChI=1S/C13H18FNO2S/c1-9-12(5-6-17-9)18(16)8-11-4-2-3-10(7-15)13(11)14/h2-4,9,12H,5-8,15H2,1H3. The van der Waals surface area contributed by atoms with E-state index in [2.05, 4.69) is 0 Å². The molecule has 0 spiro atoms. The zero-order valence-electron chi connectivity index (χ0n) is 10.4. The van der Waals surface area contributed by atoms with Crippen molar-refractivity contribution < 1.29 is 13.3 Å². The van der Waals surface area contributed by atoms with Crippen LogP contribution >= 0.6 is 0 Å². The van der Waals surface area contributed by atoms with Crippen molar-refractivity contribution in [2.24, 2.45) is 5.73 Å². The van der Waals surface area contributed by atoms with Crippen LogP contribution in [0.3, 0.4) is 0 Å². The number of hydrogen-bond acceptors (Lipinski definition) is 3. The van der Waals surface area contributed by atoms with Crippen LogP contribution in [0.25, 0.3) is 0 Å².